The van der Waals surface area contributed by atoms with Crippen molar-refractivity contribution in [3.05, 3.63) is 23.8 Å². The van der Waals surface area contributed by atoms with Crippen LogP contribution in [0.4, 0.5) is 15.8 Å². The van der Waals surface area contributed by atoms with Crippen molar-refractivity contribution >= 4 is 33.1 Å². The second-order valence-electron chi connectivity index (χ2n) is 4.24. The first-order chi connectivity index (χ1) is 8.56. The summed E-state index contributed by atoms with van der Waals surface area (Å²) in [6, 6.07) is 5.80. The predicted octanol–water partition coefficient (Wildman–Crippen LogP) is 1.49. The zero-order valence-electron chi connectivity index (χ0n) is 9.80. The lowest BCUT2D eigenvalue weighted by atomic mass is 10.1. The maximum Gasteiger partial charge on any atom is 0.231 e. The van der Waals surface area contributed by atoms with Gasteiger partial charge >= 0.3 is 0 Å². The molecule has 18 heavy (non-hydrogen) atoms. The topological polar surface area (TPSA) is 85.2 Å². The van der Waals surface area contributed by atoms with Crippen LogP contribution in [-0.2, 0) is 11.2 Å². The number of rotatable bonds is 1. The highest BCUT2D eigenvalue weighted by Crippen LogP contribution is 2.36. The Morgan fingerprint density at radius 2 is 2.17 bits per heavy atom. The summed E-state index contributed by atoms with van der Waals surface area (Å²) in [5, 5.41) is 1.06. The van der Waals surface area contributed by atoms with Gasteiger partial charge in [-0.1, -0.05) is 17.4 Å². The highest BCUT2D eigenvalue weighted by Gasteiger charge is 2.24. The summed E-state index contributed by atoms with van der Waals surface area (Å²) in [6.45, 7) is 0. The number of nitrogens with zero attached hydrogens (tertiary/aromatic N) is 2. The maximum atomic E-state index is 11.6. The number of nitrogens with two attached hydrogens (primary N) is 2. The van der Waals surface area contributed by atoms with Crippen LogP contribution in [0.25, 0.3) is 11.3 Å². The molecular weight excluding hydrogens is 248 g/mol. The summed E-state index contributed by atoms with van der Waals surface area (Å²) in [6.07, 6.45) is 0.430. The van der Waals surface area contributed by atoms with E-state index in [0.717, 1.165) is 16.8 Å². The molecule has 2 heterocycles. The quantitative estimate of drug-likeness (QED) is 0.813. The lowest BCUT2D eigenvalue weighted by Crippen LogP contribution is -2.20. The summed E-state index contributed by atoms with van der Waals surface area (Å²) in [5.74, 6) is 0.105. The molecule has 92 valence electrons. The van der Waals surface area contributed by atoms with Gasteiger partial charge in [0.15, 0.2) is 5.13 Å². The van der Waals surface area contributed by atoms with Crippen LogP contribution in [0.2, 0.25) is 0 Å². The SMILES string of the molecule is CN1C(=O)Cc2cc(-c3nc(N)sc3N)ccc21. The molecular formula is C12H12N4OS. The minimum Gasteiger partial charge on any atom is -0.389 e. The molecule has 2 aromatic rings. The lowest BCUT2D eigenvalue weighted by molar-refractivity contribution is -0.117. The molecule has 0 atom stereocenters. The van der Waals surface area contributed by atoms with Gasteiger partial charge in [-0.05, 0) is 17.7 Å². The molecule has 5 nitrogen and oxygen atoms in total. The van der Waals surface area contributed by atoms with Gasteiger partial charge in [0.25, 0.3) is 0 Å². The molecule has 0 bridgehead atoms. The van der Waals surface area contributed by atoms with E-state index in [1.807, 2.05) is 18.2 Å². The number of carbonyl (C=O) groups excluding carboxylic acids is 1. The highest BCUT2D eigenvalue weighted by atomic mass is 32.1. The van der Waals surface area contributed by atoms with Gasteiger partial charge in [0.05, 0.1) is 6.42 Å². The van der Waals surface area contributed by atoms with Gasteiger partial charge in [0.1, 0.15) is 10.7 Å². The molecule has 0 radical (unpaired) electrons. The van der Waals surface area contributed by atoms with E-state index in [2.05, 4.69) is 4.98 Å². The van der Waals surface area contributed by atoms with Crippen molar-refractivity contribution < 1.29 is 4.79 Å². The molecule has 3 rings (SSSR count). The molecule has 0 saturated heterocycles. The third-order valence-electron chi connectivity index (χ3n) is 3.10. The summed E-state index contributed by atoms with van der Waals surface area (Å²) < 4.78 is 0. The second-order valence-corrected chi connectivity index (χ2v) is 5.30. The van der Waals surface area contributed by atoms with Gasteiger partial charge < -0.3 is 16.4 Å². The van der Waals surface area contributed by atoms with Crippen LogP contribution < -0.4 is 16.4 Å². The van der Waals surface area contributed by atoms with Crippen molar-refractivity contribution in [2.75, 3.05) is 23.4 Å². The number of anilines is 3. The molecule has 0 unspecified atom stereocenters. The van der Waals surface area contributed by atoms with E-state index in [1.54, 1.807) is 11.9 Å². The van der Waals surface area contributed by atoms with Crippen LogP contribution in [-0.4, -0.2) is 17.9 Å². The second kappa shape index (κ2) is 3.71. The molecule has 0 fully saturated rings. The van der Waals surface area contributed by atoms with Crippen molar-refractivity contribution in [2.45, 2.75) is 6.42 Å². The fraction of sp³-hybridized carbons (Fsp3) is 0.167. The molecule has 0 spiro atoms. The number of thiazole rings is 1. The van der Waals surface area contributed by atoms with Gasteiger partial charge in [-0.3, -0.25) is 4.79 Å². The fourth-order valence-corrected chi connectivity index (χ4v) is 2.80. The number of fused-ring (bicyclic) bond motifs is 1. The highest BCUT2D eigenvalue weighted by molar-refractivity contribution is 7.19. The molecule has 1 aromatic carbocycles. The predicted molar refractivity (Wildman–Crippen MR) is 73.5 cm³/mol. The fourth-order valence-electron chi connectivity index (χ4n) is 2.17. The van der Waals surface area contributed by atoms with Gasteiger partial charge in [-0.15, -0.1) is 0 Å². The third-order valence-corrected chi connectivity index (χ3v) is 3.81. The van der Waals surface area contributed by atoms with Crippen molar-refractivity contribution in [3.63, 3.8) is 0 Å². The Hall–Kier alpha value is -2.08. The Morgan fingerprint density at radius 1 is 1.39 bits per heavy atom. The van der Waals surface area contributed by atoms with Crippen LogP contribution in [0.15, 0.2) is 18.2 Å². The van der Waals surface area contributed by atoms with E-state index in [0.29, 0.717) is 22.2 Å². The van der Waals surface area contributed by atoms with Gasteiger partial charge in [0.2, 0.25) is 5.91 Å². The molecule has 1 aliphatic heterocycles. The average Bonchev–Trinajstić information content (AvgIpc) is 2.80. The molecule has 1 aromatic heterocycles. The van der Waals surface area contributed by atoms with Gasteiger partial charge in [0, 0.05) is 18.3 Å². The van der Waals surface area contributed by atoms with Gasteiger partial charge in [-0.2, -0.15) is 0 Å². The molecule has 0 aliphatic carbocycles. The van der Waals surface area contributed by atoms with E-state index in [4.69, 9.17) is 11.5 Å². The van der Waals surface area contributed by atoms with Crippen LogP contribution in [0, 0.1) is 0 Å². The molecule has 6 heteroatoms. The number of carbonyl (C=O) groups is 1. The minimum atomic E-state index is 0.105. The molecule has 4 N–H and O–H groups in total. The zero-order valence-corrected chi connectivity index (χ0v) is 10.6. The first kappa shape index (κ1) is 11.0. The third kappa shape index (κ3) is 1.53. The zero-order chi connectivity index (χ0) is 12.9. The van der Waals surface area contributed by atoms with Crippen LogP contribution >= 0.6 is 11.3 Å². The largest absolute Gasteiger partial charge is 0.389 e. The summed E-state index contributed by atoms with van der Waals surface area (Å²) in [7, 11) is 1.78. The lowest BCUT2D eigenvalue weighted by Gasteiger charge is -2.10. The van der Waals surface area contributed by atoms with Crippen molar-refractivity contribution in [1.82, 2.24) is 4.98 Å². The monoisotopic (exact) mass is 260 g/mol. The van der Waals surface area contributed by atoms with E-state index in [1.165, 1.54) is 11.3 Å². The smallest absolute Gasteiger partial charge is 0.231 e. The standard InChI is InChI=1S/C12H12N4OS/c1-16-8-3-2-6(4-7(8)5-9(16)17)10-11(13)18-12(14)15-10/h2-4H,5,13H2,1H3,(H2,14,15). The van der Waals surface area contributed by atoms with E-state index in [9.17, 15) is 4.79 Å². The molecule has 1 amide bonds. The first-order valence-corrected chi connectivity index (χ1v) is 6.29. The maximum absolute atomic E-state index is 11.6. The Kier molecular flexibility index (Phi) is 2.27. The van der Waals surface area contributed by atoms with Crippen molar-refractivity contribution in [1.29, 1.82) is 0 Å². The molecule has 0 saturated carbocycles. The average molecular weight is 260 g/mol. The number of hydrogen-bond donors (Lipinski definition) is 2. The van der Waals surface area contributed by atoms with E-state index < -0.39 is 0 Å². The Morgan fingerprint density at radius 3 is 2.83 bits per heavy atom. The van der Waals surface area contributed by atoms with Crippen LogP contribution in [0.3, 0.4) is 0 Å². The number of likely N-dealkylation sites (N-methyl/N-ethyl adjacent to an activating group) is 1. The van der Waals surface area contributed by atoms with Crippen LogP contribution in [0.1, 0.15) is 5.56 Å². The normalized spacial score (nSPS) is 14.1. The summed E-state index contributed by atoms with van der Waals surface area (Å²) in [4.78, 5) is 17.5. The number of aromatic nitrogens is 1. The van der Waals surface area contributed by atoms with Gasteiger partial charge in [-0.25, -0.2) is 4.98 Å². The number of nitrogen functional groups attached to an aromatic ring is 2. The Bertz CT molecular complexity index is 650. The first-order valence-electron chi connectivity index (χ1n) is 5.48. The number of hydrogen-bond acceptors (Lipinski definition) is 5. The Labute approximate surface area is 108 Å². The minimum absolute atomic E-state index is 0.105. The molecule has 1 aliphatic rings. The van der Waals surface area contributed by atoms with E-state index >= 15 is 0 Å². The number of benzene rings is 1. The number of amides is 1. The van der Waals surface area contributed by atoms with E-state index in [-0.39, 0.29) is 5.91 Å². The van der Waals surface area contributed by atoms with Crippen LogP contribution in [0.5, 0.6) is 0 Å². The van der Waals surface area contributed by atoms with Crippen molar-refractivity contribution in [3.8, 4) is 11.3 Å². The van der Waals surface area contributed by atoms with Crippen molar-refractivity contribution in [2.24, 2.45) is 0 Å². The summed E-state index contributed by atoms with van der Waals surface area (Å²) in [5.41, 5.74) is 15.1. The Balaban J connectivity index is 2.09. The summed E-state index contributed by atoms with van der Waals surface area (Å²) >= 11 is 1.27.